The number of aromatic nitrogens is 3. The van der Waals surface area contributed by atoms with E-state index in [1.807, 2.05) is 47.5 Å². The number of aryl methyl sites for hydroxylation is 1. The molecule has 1 fully saturated rings. The Morgan fingerprint density at radius 2 is 1.81 bits per heavy atom. The maximum absolute atomic E-state index is 14.9. The molecule has 1 aliphatic rings. The minimum atomic E-state index is -0.315. The molecule has 1 N–H and O–H groups in total. The van der Waals surface area contributed by atoms with Crippen molar-refractivity contribution in [3.63, 3.8) is 0 Å². The number of anilines is 1. The van der Waals surface area contributed by atoms with Gasteiger partial charge in [-0.2, -0.15) is 0 Å². The van der Waals surface area contributed by atoms with Crippen LogP contribution in [0.4, 0.5) is 10.1 Å². The molecule has 0 aliphatic carbocycles. The van der Waals surface area contributed by atoms with E-state index in [1.165, 1.54) is 6.07 Å². The van der Waals surface area contributed by atoms with Gasteiger partial charge in [-0.15, -0.1) is 0 Å². The lowest BCUT2D eigenvalue weighted by Crippen LogP contribution is -2.30. The number of thiocarbonyl (C=S) groups is 1. The number of pyridine rings is 2. The first-order valence-electron chi connectivity index (χ1n) is 10.4. The van der Waals surface area contributed by atoms with Crippen LogP contribution in [0.2, 0.25) is 0 Å². The number of para-hydroxylation sites is 1. The number of benzene rings is 1. The Morgan fingerprint density at radius 3 is 2.53 bits per heavy atom. The third-order valence-electron chi connectivity index (χ3n) is 5.90. The van der Waals surface area contributed by atoms with E-state index in [9.17, 15) is 4.39 Å². The summed E-state index contributed by atoms with van der Waals surface area (Å²) < 4.78 is 17.1. The Labute approximate surface area is 191 Å². The smallest absolute Gasteiger partial charge is 0.174 e. The molecule has 1 aliphatic heterocycles. The molecule has 32 heavy (non-hydrogen) atoms. The van der Waals surface area contributed by atoms with Gasteiger partial charge in [0.15, 0.2) is 5.11 Å². The summed E-state index contributed by atoms with van der Waals surface area (Å²) in [5.41, 5.74) is 5.45. The van der Waals surface area contributed by atoms with Crippen LogP contribution in [0.15, 0.2) is 79.3 Å². The Morgan fingerprint density at radius 1 is 1.00 bits per heavy atom. The normalized spacial score (nSPS) is 18.1. The molecule has 160 valence electrons. The summed E-state index contributed by atoms with van der Waals surface area (Å²) in [6.45, 7) is 4.14. The van der Waals surface area contributed by atoms with Crippen molar-refractivity contribution in [3.05, 3.63) is 108 Å². The van der Waals surface area contributed by atoms with Crippen molar-refractivity contribution in [3.8, 4) is 5.69 Å². The Bertz CT molecular complexity index is 1270. The van der Waals surface area contributed by atoms with Gasteiger partial charge in [0.05, 0.1) is 35.3 Å². The lowest BCUT2D eigenvalue weighted by molar-refractivity contribution is 0.556. The van der Waals surface area contributed by atoms with Crippen molar-refractivity contribution >= 4 is 23.0 Å². The van der Waals surface area contributed by atoms with Crippen LogP contribution in [0.5, 0.6) is 0 Å². The topological polar surface area (TPSA) is 46.0 Å². The van der Waals surface area contributed by atoms with Crippen molar-refractivity contribution < 1.29 is 4.39 Å². The summed E-state index contributed by atoms with van der Waals surface area (Å²) in [7, 11) is 0. The summed E-state index contributed by atoms with van der Waals surface area (Å²) in [6, 6.07) is 18.1. The molecule has 0 spiro atoms. The van der Waals surface area contributed by atoms with Gasteiger partial charge in [-0.1, -0.05) is 18.2 Å². The minimum absolute atomic E-state index is 0.230. The lowest BCUT2D eigenvalue weighted by atomic mass is 9.96. The molecule has 5 nitrogen and oxygen atoms in total. The second kappa shape index (κ2) is 8.16. The highest BCUT2D eigenvalue weighted by Gasteiger charge is 2.43. The molecule has 3 aromatic heterocycles. The average molecular weight is 444 g/mol. The molecule has 0 bridgehead atoms. The lowest BCUT2D eigenvalue weighted by Gasteiger charge is -2.28. The van der Waals surface area contributed by atoms with E-state index in [-0.39, 0.29) is 17.9 Å². The van der Waals surface area contributed by atoms with E-state index in [0.717, 1.165) is 28.3 Å². The number of hydrogen-bond donors (Lipinski definition) is 1. The first-order valence-corrected chi connectivity index (χ1v) is 10.8. The highest BCUT2D eigenvalue weighted by molar-refractivity contribution is 7.80. The molecule has 0 radical (unpaired) electrons. The van der Waals surface area contributed by atoms with Crippen LogP contribution in [0.25, 0.3) is 5.69 Å². The highest BCUT2D eigenvalue weighted by atomic mass is 32.1. The zero-order valence-corrected chi connectivity index (χ0v) is 18.6. The first kappa shape index (κ1) is 20.3. The zero-order chi connectivity index (χ0) is 22.2. The fourth-order valence-corrected chi connectivity index (χ4v) is 4.89. The molecule has 4 heterocycles. The van der Waals surface area contributed by atoms with Crippen molar-refractivity contribution in [2.75, 3.05) is 4.90 Å². The van der Waals surface area contributed by atoms with Gasteiger partial charge >= 0.3 is 0 Å². The fraction of sp³-hybridized carbons (Fsp3) is 0.160. The quantitative estimate of drug-likeness (QED) is 0.439. The molecule has 0 unspecified atom stereocenters. The van der Waals surface area contributed by atoms with Crippen LogP contribution in [-0.4, -0.2) is 19.6 Å². The summed E-state index contributed by atoms with van der Waals surface area (Å²) in [5.74, 6) is -0.315. The minimum Gasteiger partial charge on any atom is -0.351 e. The molecule has 0 saturated carbocycles. The summed E-state index contributed by atoms with van der Waals surface area (Å²) in [6.07, 6.45) is 5.36. The number of halogens is 1. The molecule has 2 atom stereocenters. The predicted molar refractivity (Wildman–Crippen MR) is 127 cm³/mol. The number of nitrogens with one attached hydrogen (secondary N) is 1. The van der Waals surface area contributed by atoms with Crippen LogP contribution >= 0.6 is 12.2 Å². The van der Waals surface area contributed by atoms with Crippen LogP contribution in [0, 0.1) is 19.7 Å². The third-order valence-corrected chi connectivity index (χ3v) is 6.22. The number of hydrogen-bond acceptors (Lipinski definition) is 3. The first-order chi connectivity index (χ1) is 15.6. The summed E-state index contributed by atoms with van der Waals surface area (Å²) in [4.78, 5) is 10.7. The number of rotatable bonds is 4. The van der Waals surface area contributed by atoms with E-state index in [4.69, 9.17) is 12.2 Å². The molecular formula is C25H22FN5S. The Balaban J connectivity index is 1.70. The van der Waals surface area contributed by atoms with Gasteiger partial charge in [-0.3, -0.25) is 9.97 Å². The van der Waals surface area contributed by atoms with Crippen molar-refractivity contribution in [1.29, 1.82) is 0 Å². The van der Waals surface area contributed by atoms with E-state index in [1.54, 1.807) is 24.5 Å². The average Bonchev–Trinajstić information content (AvgIpc) is 3.30. The van der Waals surface area contributed by atoms with Crippen LogP contribution in [-0.2, 0) is 0 Å². The van der Waals surface area contributed by atoms with Crippen molar-refractivity contribution in [1.82, 2.24) is 19.9 Å². The predicted octanol–water partition coefficient (Wildman–Crippen LogP) is 5.20. The van der Waals surface area contributed by atoms with E-state index in [2.05, 4.69) is 39.8 Å². The number of nitrogens with zero attached hydrogens (tertiary/aromatic N) is 4. The van der Waals surface area contributed by atoms with E-state index in [0.29, 0.717) is 10.8 Å². The molecule has 1 aromatic carbocycles. The van der Waals surface area contributed by atoms with Crippen LogP contribution in [0.1, 0.15) is 34.7 Å². The van der Waals surface area contributed by atoms with Crippen molar-refractivity contribution in [2.24, 2.45) is 0 Å². The standard InChI is InChI=1S/C25H22FN5S/c1-16-14-19(17(2)30(16)18-8-7-12-27-15-18)24-23(21-10-5-6-13-28-21)29-25(32)31(24)22-11-4-3-9-20(22)26/h3-15,23-24H,1-2H3,(H,29,32)/t23-,24-/m1/s1. The monoisotopic (exact) mass is 443 g/mol. The van der Waals surface area contributed by atoms with Gasteiger partial charge in [0, 0.05) is 23.8 Å². The SMILES string of the molecule is Cc1cc([C@@H]2[C@@H](c3ccccn3)NC(=S)N2c2ccccc2F)c(C)n1-c1cccnc1. The second-order valence-corrected chi connectivity index (χ2v) is 8.21. The Hall–Kier alpha value is -3.58. The maximum atomic E-state index is 14.9. The van der Waals surface area contributed by atoms with Gasteiger partial charge in [-0.25, -0.2) is 4.39 Å². The van der Waals surface area contributed by atoms with Gasteiger partial charge in [-0.05, 0) is 74.1 Å². The third kappa shape index (κ3) is 3.35. The Kier molecular flexibility index (Phi) is 5.19. The van der Waals surface area contributed by atoms with Crippen LogP contribution < -0.4 is 10.2 Å². The van der Waals surface area contributed by atoms with Gasteiger partial charge < -0.3 is 14.8 Å². The van der Waals surface area contributed by atoms with Crippen molar-refractivity contribution in [2.45, 2.75) is 25.9 Å². The van der Waals surface area contributed by atoms with Gasteiger partial charge in [0.1, 0.15) is 5.82 Å². The molecule has 0 amide bonds. The molecule has 7 heteroatoms. The van der Waals surface area contributed by atoms with Gasteiger partial charge in [0.2, 0.25) is 0 Å². The molecule has 1 saturated heterocycles. The largest absolute Gasteiger partial charge is 0.351 e. The maximum Gasteiger partial charge on any atom is 0.174 e. The molecule has 4 aromatic rings. The fourth-order valence-electron chi connectivity index (χ4n) is 4.55. The van der Waals surface area contributed by atoms with E-state index >= 15 is 0 Å². The molecular weight excluding hydrogens is 421 g/mol. The highest BCUT2D eigenvalue weighted by Crippen LogP contribution is 2.44. The molecule has 5 rings (SSSR count). The summed E-state index contributed by atoms with van der Waals surface area (Å²) >= 11 is 5.72. The van der Waals surface area contributed by atoms with Gasteiger partial charge in [0.25, 0.3) is 0 Å². The second-order valence-electron chi connectivity index (χ2n) is 7.82. The zero-order valence-electron chi connectivity index (χ0n) is 17.7. The van der Waals surface area contributed by atoms with Crippen LogP contribution in [0.3, 0.4) is 0 Å². The summed E-state index contributed by atoms with van der Waals surface area (Å²) in [5, 5.41) is 3.87. The van der Waals surface area contributed by atoms with E-state index < -0.39 is 0 Å².